The Hall–Kier alpha value is -3.27. The van der Waals surface area contributed by atoms with Gasteiger partial charge >= 0.3 is 0 Å². The molecule has 2 amide bonds. The summed E-state index contributed by atoms with van der Waals surface area (Å²) in [4.78, 5) is 28.6. The normalized spacial score (nSPS) is 12.7. The van der Waals surface area contributed by atoms with Crippen LogP contribution in [0.3, 0.4) is 0 Å². The van der Waals surface area contributed by atoms with Gasteiger partial charge in [-0.25, -0.2) is 12.8 Å². The molecule has 3 rings (SSSR count). The Bertz CT molecular complexity index is 1390. The molecule has 0 fully saturated rings. The van der Waals surface area contributed by atoms with Crippen molar-refractivity contribution in [3.8, 4) is 0 Å². The number of carbonyl (C=O) groups is 2. The van der Waals surface area contributed by atoms with Crippen molar-refractivity contribution >= 4 is 33.4 Å². The van der Waals surface area contributed by atoms with Gasteiger partial charge in [0, 0.05) is 36.1 Å². The summed E-state index contributed by atoms with van der Waals surface area (Å²) in [7, 11) is -2.76. The average Bonchev–Trinajstić information content (AvgIpc) is 2.87. The van der Waals surface area contributed by atoms with Gasteiger partial charge in [0.25, 0.3) is 0 Å². The van der Waals surface area contributed by atoms with Crippen LogP contribution < -0.4 is 5.32 Å². The lowest BCUT2D eigenvalue weighted by molar-refractivity contribution is -0.142. The highest BCUT2D eigenvalue weighted by molar-refractivity contribution is 7.89. The van der Waals surface area contributed by atoms with E-state index in [1.165, 1.54) is 54.4 Å². The molecule has 39 heavy (non-hydrogen) atoms. The second-order valence-electron chi connectivity index (χ2n) is 10.3. The number of likely N-dealkylation sites (N-methyl/N-ethyl adjacent to an activating group) is 1. The predicted molar refractivity (Wildman–Crippen MR) is 150 cm³/mol. The Kier molecular flexibility index (Phi) is 9.88. The highest BCUT2D eigenvalue weighted by Crippen LogP contribution is 2.21. The Labute approximate surface area is 234 Å². The smallest absolute Gasteiger partial charge is 0.243 e. The third-order valence-electron chi connectivity index (χ3n) is 5.95. The van der Waals surface area contributed by atoms with Gasteiger partial charge in [-0.05, 0) is 56.7 Å². The van der Waals surface area contributed by atoms with Gasteiger partial charge in [0.2, 0.25) is 21.8 Å². The van der Waals surface area contributed by atoms with Crippen LogP contribution in [-0.4, -0.2) is 54.6 Å². The lowest BCUT2D eigenvalue weighted by Gasteiger charge is -2.34. The van der Waals surface area contributed by atoms with Crippen molar-refractivity contribution in [3.63, 3.8) is 0 Å². The fourth-order valence-corrected chi connectivity index (χ4v) is 5.22. The molecule has 0 spiro atoms. The van der Waals surface area contributed by atoms with Crippen LogP contribution in [0, 0.1) is 5.82 Å². The molecule has 0 aliphatic heterocycles. The lowest BCUT2D eigenvalue weighted by atomic mass is 10.0. The molecular formula is C29H33ClFN3O4S. The van der Waals surface area contributed by atoms with E-state index in [1.807, 2.05) is 51.1 Å². The standard InChI is InChI=1S/C29H33ClFN3O4S/c1-29(2,3)32-28(36)26(18-21-10-6-5-7-11-21)34(19-22-12-8-9-13-25(22)31)27(35)20-33(4)39(37,38)24-16-14-23(30)15-17-24/h5-17,26H,18-20H2,1-4H3,(H,32,36)/t26-/m1/s1. The van der Waals surface area contributed by atoms with Gasteiger partial charge in [-0.15, -0.1) is 0 Å². The fourth-order valence-electron chi connectivity index (χ4n) is 3.97. The lowest BCUT2D eigenvalue weighted by Crippen LogP contribution is -2.56. The number of rotatable bonds is 10. The number of halogens is 2. The van der Waals surface area contributed by atoms with Crippen LogP contribution in [0.4, 0.5) is 4.39 Å². The number of hydrogen-bond donors (Lipinski definition) is 1. The van der Waals surface area contributed by atoms with Gasteiger partial charge in [-0.1, -0.05) is 60.1 Å². The van der Waals surface area contributed by atoms with Crippen molar-refractivity contribution in [3.05, 3.63) is 101 Å². The quantitative estimate of drug-likeness (QED) is 0.382. The molecule has 0 unspecified atom stereocenters. The molecule has 7 nitrogen and oxygen atoms in total. The molecule has 0 saturated carbocycles. The summed E-state index contributed by atoms with van der Waals surface area (Å²) < 4.78 is 42.0. The number of nitrogens with one attached hydrogen (secondary N) is 1. The van der Waals surface area contributed by atoms with Gasteiger partial charge in [0.15, 0.2) is 0 Å². The minimum atomic E-state index is -4.05. The van der Waals surface area contributed by atoms with Crippen molar-refractivity contribution in [1.82, 2.24) is 14.5 Å². The molecule has 3 aromatic rings. The first-order valence-electron chi connectivity index (χ1n) is 12.4. The summed E-state index contributed by atoms with van der Waals surface area (Å²) >= 11 is 5.90. The van der Waals surface area contributed by atoms with Crippen LogP contribution in [0.2, 0.25) is 5.02 Å². The first-order chi connectivity index (χ1) is 18.3. The monoisotopic (exact) mass is 573 g/mol. The molecule has 0 aliphatic carbocycles. The Balaban J connectivity index is 2.00. The highest BCUT2D eigenvalue weighted by atomic mass is 35.5. The van der Waals surface area contributed by atoms with E-state index in [-0.39, 0.29) is 23.4 Å². The summed E-state index contributed by atoms with van der Waals surface area (Å²) in [5.74, 6) is -1.62. The van der Waals surface area contributed by atoms with Crippen LogP contribution in [0.25, 0.3) is 0 Å². The van der Waals surface area contributed by atoms with E-state index >= 15 is 0 Å². The summed E-state index contributed by atoms with van der Waals surface area (Å²) in [5.41, 5.74) is 0.392. The fraction of sp³-hybridized carbons (Fsp3) is 0.310. The predicted octanol–water partition coefficient (Wildman–Crippen LogP) is 4.65. The largest absolute Gasteiger partial charge is 0.350 e. The first-order valence-corrected chi connectivity index (χ1v) is 14.2. The minimum absolute atomic E-state index is 0.0332. The summed E-state index contributed by atoms with van der Waals surface area (Å²) in [5, 5.41) is 3.29. The minimum Gasteiger partial charge on any atom is -0.350 e. The van der Waals surface area contributed by atoms with Crippen molar-refractivity contribution < 1.29 is 22.4 Å². The number of sulfonamides is 1. The maximum atomic E-state index is 14.7. The topological polar surface area (TPSA) is 86.8 Å². The van der Waals surface area contributed by atoms with Crippen LogP contribution in [0.15, 0.2) is 83.8 Å². The van der Waals surface area contributed by atoms with Crippen molar-refractivity contribution in [2.24, 2.45) is 0 Å². The Morgan fingerprint density at radius 1 is 0.949 bits per heavy atom. The van der Waals surface area contributed by atoms with Gasteiger partial charge in [-0.3, -0.25) is 9.59 Å². The highest BCUT2D eigenvalue weighted by Gasteiger charge is 2.34. The molecule has 0 saturated heterocycles. The number of benzene rings is 3. The maximum absolute atomic E-state index is 14.7. The zero-order valence-electron chi connectivity index (χ0n) is 22.4. The molecule has 0 aromatic heterocycles. The molecule has 10 heteroatoms. The second kappa shape index (κ2) is 12.7. The summed E-state index contributed by atoms with van der Waals surface area (Å²) in [6.45, 7) is 4.67. The third-order valence-corrected chi connectivity index (χ3v) is 8.02. The maximum Gasteiger partial charge on any atom is 0.243 e. The van der Waals surface area contributed by atoms with E-state index in [0.717, 1.165) is 9.87 Å². The van der Waals surface area contributed by atoms with Gasteiger partial charge in [0.05, 0.1) is 11.4 Å². The zero-order valence-corrected chi connectivity index (χ0v) is 24.0. The molecular weight excluding hydrogens is 541 g/mol. The van der Waals surface area contributed by atoms with Crippen LogP contribution in [-0.2, 0) is 32.6 Å². The van der Waals surface area contributed by atoms with E-state index < -0.39 is 45.8 Å². The Morgan fingerprint density at radius 3 is 2.13 bits per heavy atom. The number of amides is 2. The molecule has 0 bridgehead atoms. The molecule has 0 radical (unpaired) electrons. The summed E-state index contributed by atoms with van der Waals surface area (Å²) in [6.07, 6.45) is 0.149. The molecule has 3 aromatic carbocycles. The Morgan fingerprint density at radius 2 is 1.54 bits per heavy atom. The van der Waals surface area contributed by atoms with Crippen molar-refractivity contribution in [1.29, 1.82) is 0 Å². The average molecular weight is 574 g/mol. The third kappa shape index (κ3) is 8.36. The van der Waals surface area contributed by atoms with Crippen LogP contribution in [0.5, 0.6) is 0 Å². The van der Waals surface area contributed by atoms with E-state index in [4.69, 9.17) is 11.6 Å². The summed E-state index contributed by atoms with van der Waals surface area (Å²) in [6, 6.07) is 19.7. The van der Waals surface area contributed by atoms with Gasteiger partial charge < -0.3 is 10.2 Å². The van der Waals surface area contributed by atoms with E-state index in [9.17, 15) is 22.4 Å². The van der Waals surface area contributed by atoms with Crippen molar-refractivity contribution in [2.45, 2.75) is 50.2 Å². The number of nitrogens with zero attached hydrogens (tertiary/aromatic N) is 2. The molecule has 0 aliphatic rings. The van der Waals surface area contributed by atoms with E-state index in [0.29, 0.717) is 5.02 Å². The second-order valence-corrected chi connectivity index (χ2v) is 12.8. The molecule has 0 heterocycles. The SMILES string of the molecule is CN(CC(=O)N(Cc1ccccc1F)[C@H](Cc1ccccc1)C(=O)NC(C)(C)C)S(=O)(=O)c1ccc(Cl)cc1. The van der Waals surface area contributed by atoms with Gasteiger partial charge in [-0.2, -0.15) is 4.31 Å². The van der Waals surface area contributed by atoms with Gasteiger partial charge in [0.1, 0.15) is 11.9 Å². The molecule has 208 valence electrons. The van der Waals surface area contributed by atoms with Crippen LogP contribution >= 0.6 is 11.6 Å². The number of carbonyl (C=O) groups excluding carboxylic acids is 2. The van der Waals surface area contributed by atoms with Crippen LogP contribution in [0.1, 0.15) is 31.9 Å². The van der Waals surface area contributed by atoms with E-state index in [1.54, 1.807) is 6.07 Å². The molecule has 1 N–H and O–H groups in total. The number of hydrogen-bond acceptors (Lipinski definition) is 4. The van der Waals surface area contributed by atoms with E-state index in [2.05, 4.69) is 5.32 Å². The first kappa shape index (κ1) is 30.3. The molecule has 1 atom stereocenters. The van der Waals surface area contributed by atoms with Crippen molar-refractivity contribution in [2.75, 3.05) is 13.6 Å². The zero-order chi connectivity index (χ0) is 28.8.